The van der Waals surface area contributed by atoms with Crippen LogP contribution >= 0.6 is 11.8 Å². The molecule has 0 saturated carbocycles. The number of rotatable bonds is 7. The number of thioether (sulfide) groups is 1. The van der Waals surface area contributed by atoms with Crippen LogP contribution in [0, 0.1) is 0 Å². The summed E-state index contributed by atoms with van der Waals surface area (Å²) in [5.41, 5.74) is 6.93. The predicted molar refractivity (Wildman–Crippen MR) is 72.8 cm³/mol. The van der Waals surface area contributed by atoms with Crippen molar-refractivity contribution in [3.8, 4) is 0 Å². The predicted octanol–water partition coefficient (Wildman–Crippen LogP) is 1.94. The summed E-state index contributed by atoms with van der Waals surface area (Å²) in [7, 11) is 0. The highest BCUT2D eigenvalue weighted by molar-refractivity contribution is 7.98. The Kier molecular flexibility index (Phi) is 6.26. The third-order valence-electron chi connectivity index (χ3n) is 2.38. The smallest absolute Gasteiger partial charge is 0.123 e. The van der Waals surface area contributed by atoms with Gasteiger partial charge in [0.15, 0.2) is 0 Å². The van der Waals surface area contributed by atoms with Gasteiger partial charge in [-0.2, -0.15) is 11.8 Å². The Bertz CT molecular complexity index is 304. The summed E-state index contributed by atoms with van der Waals surface area (Å²) < 4.78 is 0. The van der Waals surface area contributed by atoms with Crippen molar-refractivity contribution >= 4 is 17.6 Å². The Morgan fingerprint density at radius 1 is 1.56 bits per heavy atom. The van der Waals surface area contributed by atoms with Crippen LogP contribution in [-0.2, 0) is 6.42 Å². The quantitative estimate of drug-likeness (QED) is 0.763. The first-order valence-electron chi connectivity index (χ1n) is 5.69. The van der Waals surface area contributed by atoms with E-state index in [4.69, 9.17) is 5.73 Å². The first-order valence-corrected chi connectivity index (χ1v) is 7.08. The number of nitrogens with zero attached hydrogens (tertiary/aromatic N) is 1. The minimum Gasteiger partial charge on any atom is -0.384 e. The fraction of sp³-hybridized carbons (Fsp3) is 0.583. The van der Waals surface area contributed by atoms with Crippen molar-refractivity contribution in [3.05, 3.63) is 23.9 Å². The van der Waals surface area contributed by atoms with E-state index < -0.39 is 0 Å². The van der Waals surface area contributed by atoms with Crippen LogP contribution in [0.4, 0.5) is 5.82 Å². The van der Waals surface area contributed by atoms with Crippen molar-refractivity contribution in [3.63, 3.8) is 0 Å². The zero-order chi connectivity index (χ0) is 11.8. The third-order valence-corrected chi connectivity index (χ3v) is 3.11. The number of hydrogen-bond acceptors (Lipinski definition) is 4. The van der Waals surface area contributed by atoms with Crippen LogP contribution in [0.2, 0.25) is 0 Å². The van der Waals surface area contributed by atoms with Gasteiger partial charge < -0.3 is 11.1 Å². The van der Waals surface area contributed by atoms with Gasteiger partial charge in [0.1, 0.15) is 5.82 Å². The van der Waals surface area contributed by atoms with E-state index in [1.807, 2.05) is 23.9 Å². The number of anilines is 1. The molecule has 1 heterocycles. The molecule has 1 aromatic rings. The van der Waals surface area contributed by atoms with E-state index in [2.05, 4.69) is 23.5 Å². The molecule has 0 aromatic carbocycles. The van der Waals surface area contributed by atoms with Gasteiger partial charge in [-0.15, -0.1) is 0 Å². The summed E-state index contributed by atoms with van der Waals surface area (Å²) in [6, 6.07) is 4.52. The van der Waals surface area contributed by atoms with Crippen molar-refractivity contribution in [2.24, 2.45) is 0 Å². The minimum absolute atomic E-state index is 0.525. The van der Waals surface area contributed by atoms with E-state index in [1.54, 1.807) is 6.20 Å². The van der Waals surface area contributed by atoms with Gasteiger partial charge in [0.2, 0.25) is 0 Å². The zero-order valence-electron chi connectivity index (χ0n) is 10.1. The van der Waals surface area contributed by atoms with Gasteiger partial charge in [0.25, 0.3) is 0 Å². The van der Waals surface area contributed by atoms with Gasteiger partial charge in [0.05, 0.1) is 0 Å². The average Bonchev–Trinajstić information content (AvgIpc) is 2.26. The maximum Gasteiger partial charge on any atom is 0.123 e. The normalized spacial score (nSPS) is 12.6. The van der Waals surface area contributed by atoms with Gasteiger partial charge >= 0.3 is 0 Å². The van der Waals surface area contributed by atoms with Crippen molar-refractivity contribution < 1.29 is 0 Å². The Balaban J connectivity index is 2.52. The molecule has 0 radical (unpaired) electrons. The number of pyridine rings is 1. The highest BCUT2D eigenvalue weighted by Crippen LogP contribution is 2.09. The Morgan fingerprint density at radius 2 is 2.38 bits per heavy atom. The van der Waals surface area contributed by atoms with Gasteiger partial charge in [0, 0.05) is 18.0 Å². The SMILES string of the molecule is CCCNC(CSC)Cc1ccnc(N)c1. The van der Waals surface area contributed by atoms with Crippen LogP contribution in [0.25, 0.3) is 0 Å². The van der Waals surface area contributed by atoms with E-state index in [1.165, 1.54) is 12.0 Å². The molecule has 0 aliphatic rings. The molecule has 90 valence electrons. The van der Waals surface area contributed by atoms with Crippen LogP contribution < -0.4 is 11.1 Å². The minimum atomic E-state index is 0.525. The standard InChI is InChI=1S/C12H21N3S/c1-3-5-14-11(9-16-2)7-10-4-6-15-12(13)8-10/h4,6,8,11,14H,3,5,7,9H2,1-2H3,(H2,13,15). The first kappa shape index (κ1) is 13.3. The summed E-state index contributed by atoms with van der Waals surface area (Å²) in [4.78, 5) is 4.01. The number of nitrogens with two attached hydrogens (primary N) is 1. The van der Waals surface area contributed by atoms with Crippen molar-refractivity contribution in [1.82, 2.24) is 10.3 Å². The molecule has 0 amide bonds. The summed E-state index contributed by atoms with van der Waals surface area (Å²) in [6.45, 7) is 3.26. The van der Waals surface area contributed by atoms with Gasteiger partial charge in [-0.1, -0.05) is 6.92 Å². The van der Waals surface area contributed by atoms with Crippen LogP contribution in [0.15, 0.2) is 18.3 Å². The number of nitrogens with one attached hydrogen (secondary N) is 1. The molecular weight excluding hydrogens is 218 g/mol. The van der Waals surface area contributed by atoms with Crippen LogP contribution in [0.5, 0.6) is 0 Å². The molecule has 1 unspecified atom stereocenters. The fourth-order valence-corrected chi connectivity index (χ4v) is 2.28. The molecule has 4 heteroatoms. The lowest BCUT2D eigenvalue weighted by atomic mass is 10.1. The molecule has 1 aromatic heterocycles. The largest absolute Gasteiger partial charge is 0.384 e. The zero-order valence-corrected chi connectivity index (χ0v) is 10.9. The average molecular weight is 239 g/mol. The molecule has 3 nitrogen and oxygen atoms in total. The maximum absolute atomic E-state index is 5.67. The number of aromatic nitrogens is 1. The van der Waals surface area contributed by atoms with Crippen molar-refractivity contribution in [2.75, 3.05) is 24.3 Å². The van der Waals surface area contributed by atoms with Gasteiger partial charge in [-0.25, -0.2) is 4.98 Å². The molecule has 3 N–H and O–H groups in total. The molecule has 16 heavy (non-hydrogen) atoms. The van der Waals surface area contributed by atoms with E-state index in [-0.39, 0.29) is 0 Å². The molecule has 1 rings (SSSR count). The lowest BCUT2D eigenvalue weighted by Gasteiger charge is -2.17. The van der Waals surface area contributed by atoms with Crippen molar-refractivity contribution in [1.29, 1.82) is 0 Å². The molecule has 0 aliphatic carbocycles. The van der Waals surface area contributed by atoms with Crippen LogP contribution in [0.3, 0.4) is 0 Å². The Labute approximate surface area is 102 Å². The second-order valence-electron chi connectivity index (χ2n) is 3.90. The maximum atomic E-state index is 5.67. The topological polar surface area (TPSA) is 50.9 Å². The third kappa shape index (κ3) is 4.86. The highest BCUT2D eigenvalue weighted by atomic mass is 32.2. The lowest BCUT2D eigenvalue weighted by Crippen LogP contribution is -2.34. The summed E-state index contributed by atoms with van der Waals surface area (Å²) in [6.07, 6.45) is 6.11. The van der Waals surface area contributed by atoms with Crippen molar-refractivity contribution in [2.45, 2.75) is 25.8 Å². The summed E-state index contributed by atoms with van der Waals surface area (Å²) in [5, 5.41) is 3.56. The second kappa shape index (κ2) is 7.52. The van der Waals surface area contributed by atoms with Crippen LogP contribution in [-0.4, -0.2) is 29.6 Å². The van der Waals surface area contributed by atoms with Gasteiger partial charge in [-0.05, 0) is 43.3 Å². The second-order valence-corrected chi connectivity index (χ2v) is 4.81. The lowest BCUT2D eigenvalue weighted by molar-refractivity contribution is 0.550. The summed E-state index contributed by atoms with van der Waals surface area (Å²) >= 11 is 1.87. The molecule has 0 saturated heterocycles. The molecule has 0 aliphatic heterocycles. The molecule has 1 atom stereocenters. The Hall–Kier alpha value is -0.740. The first-order chi connectivity index (χ1) is 7.76. The molecular formula is C12H21N3S. The van der Waals surface area contributed by atoms with E-state index >= 15 is 0 Å². The summed E-state index contributed by atoms with van der Waals surface area (Å²) in [5.74, 6) is 1.73. The van der Waals surface area contributed by atoms with E-state index in [0.717, 1.165) is 18.7 Å². The number of hydrogen-bond donors (Lipinski definition) is 2. The van der Waals surface area contributed by atoms with Crippen LogP contribution in [0.1, 0.15) is 18.9 Å². The van der Waals surface area contributed by atoms with Gasteiger partial charge in [-0.3, -0.25) is 0 Å². The number of nitrogen functional groups attached to an aromatic ring is 1. The molecule has 0 fully saturated rings. The highest BCUT2D eigenvalue weighted by Gasteiger charge is 2.08. The Morgan fingerprint density at radius 3 is 3.00 bits per heavy atom. The monoisotopic (exact) mass is 239 g/mol. The fourth-order valence-electron chi connectivity index (χ4n) is 1.65. The van der Waals surface area contributed by atoms with E-state index in [9.17, 15) is 0 Å². The molecule has 0 spiro atoms. The van der Waals surface area contributed by atoms with E-state index in [0.29, 0.717) is 11.9 Å². The molecule has 0 bridgehead atoms.